The third-order valence-electron chi connectivity index (χ3n) is 6.26. The van der Waals surface area contributed by atoms with Crippen molar-refractivity contribution in [1.82, 2.24) is 19.9 Å². The molecular formula is C22H26FN5OS. The van der Waals surface area contributed by atoms with Gasteiger partial charge in [0.1, 0.15) is 5.82 Å². The topological polar surface area (TPSA) is 62.5 Å². The molecule has 2 aliphatic rings. The van der Waals surface area contributed by atoms with Gasteiger partial charge in [0.2, 0.25) is 16.0 Å². The minimum atomic E-state index is -0.251. The fourth-order valence-electron chi connectivity index (χ4n) is 4.48. The lowest BCUT2D eigenvalue weighted by atomic mass is 9.88. The molecule has 3 heterocycles. The molecule has 1 saturated carbocycles. The zero-order valence-electron chi connectivity index (χ0n) is 16.9. The number of imidazole rings is 1. The summed E-state index contributed by atoms with van der Waals surface area (Å²) in [6.07, 6.45) is 9.51. The smallest absolute Gasteiger partial charge is 0.223 e. The van der Waals surface area contributed by atoms with Crippen LogP contribution in [0.4, 0.5) is 9.52 Å². The molecule has 1 aromatic carbocycles. The molecule has 1 saturated heterocycles. The number of aromatic nitrogens is 3. The predicted molar refractivity (Wildman–Crippen MR) is 116 cm³/mol. The van der Waals surface area contributed by atoms with E-state index in [2.05, 4.69) is 15.2 Å². The number of carbonyl (C=O) groups is 1. The molecule has 30 heavy (non-hydrogen) atoms. The maximum absolute atomic E-state index is 13.1. The number of nitrogens with one attached hydrogen (secondary N) is 1. The number of amides is 1. The number of fused-ring (bicyclic) bond motifs is 1. The van der Waals surface area contributed by atoms with Crippen molar-refractivity contribution in [3.63, 3.8) is 0 Å². The Balaban J connectivity index is 1.19. The second-order valence-electron chi connectivity index (χ2n) is 8.35. The van der Waals surface area contributed by atoms with Gasteiger partial charge in [-0.15, -0.1) is 5.10 Å². The van der Waals surface area contributed by atoms with Gasteiger partial charge in [0, 0.05) is 30.6 Å². The average Bonchev–Trinajstić information content (AvgIpc) is 3.35. The highest BCUT2D eigenvalue weighted by Crippen LogP contribution is 2.29. The Morgan fingerprint density at radius 2 is 1.80 bits per heavy atom. The third-order valence-corrected chi connectivity index (χ3v) is 7.24. The Morgan fingerprint density at radius 3 is 2.50 bits per heavy atom. The Kier molecular flexibility index (Phi) is 5.41. The molecule has 0 spiro atoms. The summed E-state index contributed by atoms with van der Waals surface area (Å²) in [7, 11) is 0. The molecule has 5 rings (SSSR count). The van der Waals surface area contributed by atoms with Gasteiger partial charge in [-0.2, -0.15) is 0 Å². The van der Waals surface area contributed by atoms with Crippen LogP contribution in [0, 0.1) is 11.7 Å². The van der Waals surface area contributed by atoms with Crippen LogP contribution in [0.2, 0.25) is 0 Å². The number of nitrogens with zero attached hydrogens (tertiary/aromatic N) is 4. The largest absolute Gasteiger partial charge is 0.353 e. The Bertz CT molecular complexity index is 985. The minimum absolute atomic E-state index is 0.221. The standard InChI is InChI=1S/C22H26FN5OS/c23-17-8-6-15(7-9-17)19-14-28-21(25-19)30-22(26-28)27-12-10-18(11-13-27)24-20(29)16-4-2-1-3-5-16/h6-9,14,16,18H,1-5,10-13H2,(H,24,29). The first-order chi connectivity index (χ1) is 14.7. The average molecular weight is 428 g/mol. The molecule has 1 aliphatic heterocycles. The number of halogens is 1. The number of rotatable bonds is 4. The van der Waals surface area contributed by atoms with Gasteiger partial charge in [0.15, 0.2) is 0 Å². The van der Waals surface area contributed by atoms with Crippen molar-refractivity contribution < 1.29 is 9.18 Å². The lowest BCUT2D eigenvalue weighted by Gasteiger charge is -2.33. The highest BCUT2D eigenvalue weighted by Gasteiger charge is 2.27. The van der Waals surface area contributed by atoms with E-state index < -0.39 is 0 Å². The van der Waals surface area contributed by atoms with Crippen molar-refractivity contribution >= 4 is 27.3 Å². The molecule has 0 atom stereocenters. The van der Waals surface area contributed by atoms with Crippen LogP contribution in [-0.2, 0) is 4.79 Å². The Morgan fingerprint density at radius 1 is 1.07 bits per heavy atom. The molecule has 158 valence electrons. The van der Waals surface area contributed by atoms with Crippen molar-refractivity contribution in [2.45, 2.75) is 51.0 Å². The summed E-state index contributed by atoms with van der Waals surface area (Å²) in [4.78, 5) is 20.3. The quantitative estimate of drug-likeness (QED) is 0.676. The number of piperidine rings is 1. The van der Waals surface area contributed by atoms with Crippen LogP contribution in [0.15, 0.2) is 30.5 Å². The summed E-state index contributed by atoms with van der Waals surface area (Å²) in [6.45, 7) is 1.77. The monoisotopic (exact) mass is 427 g/mol. The summed E-state index contributed by atoms with van der Waals surface area (Å²) in [5.74, 6) is 0.228. The Hall–Kier alpha value is -2.48. The molecule has 1 aliphatic carbocycles. The first-order valence-electron chi connectivity index (χ1n) is 10.8. The number of carbonyl (C=O) groups excluding carboxylic acids is 1. The third kappa shape index (κ3) is 4.05. The highest BCUT2D eigenvalue weighted by atomic mass is 32.1. The molecule has 1 N–H and O–H groups in total. The second-order valence-corrected chi connectivity index (χ2v) is 9.28. The van der Waals surface area contributed by atoms with E-state index in [9.17, 15) is 9.18 Å². The number of anilines is 1. The zero-order valence-corrected chi connectivity index (χ0v) is 17.7. The van der Waals surface area contributed by atoms with Crippen molar-refractivity contribution in [3.8, 4) is 11.3 Å². The summed E-state index contributed by atoms with van der Waals surface area (Å²) in [6, 6.07) is 6.62. The second kappa shape index (κ2) is 8.34. The maximum Gasteiger partial charge on any atom is 0.223 e. The number of benzene rings is 1. The van der Waals surface area contributed by atoms with Crippen molar-refractivity contribution in [2.24, 2.45) is 5.92 Å². The van der Waals surface area contributed by atoms with Gasteiger partial charge in [-0.25, -0.2) is 13.9 Å². The van der Waals surface area contributed by atoms with Crippen LogP contribution in [0.5, 0.6) is 0 Å². The molecule has 1 amide bonds. The fourth-order valence-corrected chi connectivity index (χ4v) is 5.41. The van der Waals surface area contributed by atoms with Gasteiger partial charge in [0.25, 0.3) is 0 Å². The molecule has 2 fully saturated rings. The SMILES string of the molecule is O=C(NC1CCN(c2nn3cc(-c4ccc(F)cc4)nc3s2)CC1)C1CCCCC1. The fraction of sp³-hybridized carbons (Fsp3) is 0.500. The lowest BCUT2D eigenvalue weighted by molar-refractivity contribution is -0.126. The van der Waals surface area contributed by atoms with Gasteiger partial charge in [-0.1, -0.05) is 30.6 Å². The normalized spacial score (nSPS) is 18.8. The van der Waals surface area contributed by atoms with Gasteiger partial charge < -0.3 is 10.2 Å². The van der Waals surface area contributed by atoms with Crippen LogP contribution in [0.3, 0.4) is 0 Å². The number of hydrogen-bond donors (Lipinski definition) is 1. The highest BCUT2D eigenvalue weighted by molar-refractivity contribution is 7.20. The van der Waals surface area contributed by atoms with Gasteiger partial charge in [-0.05, 0) is 49.9 Å². The molecule has 8 heteroatoms. The molecule has 0 radical (unpaired) electrons. The van der Waals surface area contributed by atoms with Crippen LogP contribution in [0.25, 0.3) is 16.2 Å². The summed E-state index contributed by atoms with van der Waals surface area (Å²) >= 11 is 1.57. The van der Waals surface area contributed by atoms with Crippen molar-refractivity contribution in [3.05, 3.63) is 36.3 Å². The van der Waals surface area contributed by atoms with Crippen LogP contribution < -0.4 is 10.2 Å². The molecule has 0 unspecified atom stereocenters. The van der Waals surface area contributed by atoms with Crippen LogP contribution in [0.1, 0.15) is 44.9 Å². The zero-order chi connectivity index (χ0) is 20.5. The molecule has 3 aromatic rings. The summed E-state index contributed by atoms with van der Waals surface area (Å²) in [5, 5.41) is 8.94. The summed E-state index contributed by atoms with van der Waals surface area (Å²) < 4.78 is 14.9. The Labute approximate surface area is 179 Å². The van der Waals surface area contributed by atoms with E-state index in [0.717, 1.165) is 60.1 Å². The summed E-state index contributed by atoms with van der Waals surface area (Å²) in [5.41, 5.74) is 1.68. The first kappa shape index (κ1) is 19.5. The molecule has 2 aromatic heterocycles. The van der Waals surface area contributed by atoms with E-state index in [1.807, 2.05) is 6.20 Å². The van der Waals surface area contributed by atoms with Gasteiger partial charge >= 0.3 is 0 Å². The molecule has 6 nitrogen and oxygen atoms in total. The first-order valence-corrected chi connectivity index (χ1v) is 11.6. The van der Waals surface area contributed by atoms with E-state index >= 15 is 0 Å². The predicted octanol–water partition coefficient (Wildman–Crippen LogP) is 4.26. The minimum Gasteiger partial charge on any atom is -0.353 e. The van der Waals surface area contributed by atoms with E-state index in [4.69, 9.17) is 5.10 Å². The van der Waals surface area contributed by atoms with Crippen molar-refractivity contribution in [2.75, 3.05) is 18.0 Å². The van der Waals surface area contributed by atoms with Gasteiger partial charge in [0.05, 0.1) is 11.9 Å². The van der Waals surface area contributed by atoms with E-state index in [-0.39, 0.29) is 23.7 Å². The van der Waals surface area contributed by atoms with Crippen molar-refractivity contribution in [1.29, 1.82) is 0 Å². The van der Waals surface area contributed by atoms with E-state index in [1.54, 1.807) is 28.0 Å². The van der Waals surface area contributed by atoms with Crippen LogP contribution in [-0.4, -0.2) is 39.6 Å². The number of hydrogen-bond acceptors (Lipinski definition) is 5. The lowest BCUT2D eigenvalue weighted by Crippen LogP contribution is -2.46. The van der Waals surface area contributed by atoms with E-state index in [0.29, 0.717) is 0 Å². The maximum atomic E-state index is 13.1. The molecule has 0 bridgehead atoms. The van der Waals surface area contributed by atoms with E-state index in [1.165, 1.54) is 31.4 Å². The van der Waals surface area contributed by atoms with Crippen LogP contribution >= 0.6 is 11.3 Å². The molecular weight excluding hydrogens is 401 g/mol. The van der Waals surface area contributed by atoms with Gasteiger partial charge in [-0.3, -0.25) is 4.79 Å².